The molecule has 0 atom stereocenters. The highest BCUT2D eigenvalue weighted by molar-refractivity contribution is 7.22. The van der Waals surface area contributed by atoms with Crippen molar-refractivity contribution in [2.24, 2.45) is 0 Å². The number of nitrogens with one attached hydrogen (secondary N) is 1. The van der Waals surface area contributed by atoms with Gasteiger partial charge < -0.3 is 15.5 Å². The van der Waals surface area contributed by atoms with Crippen molar-refractivity contribution in [3.63, 3.8) is 0 Å². The third kappa shape index (κ3) is 6.25. The van der Waals surface area contributed by atoms with Crippen LogP contribution in [0.1, 0.15) is 49.4 Å². The Balaban J connectivity index is 0.000000628. The van der Waals surface area contributed by atoms with Gasteiger partial charge in [-0.1, -0.05) is 43.0 Å². The molecule has 4 rings (SSSR count). The van der Waals surface area contributed by atoms with Crippen LogP contribution in [0.25, 0.3) is 10.2 Å². The molecule has 0 unspecified atom stereocenters. The molecule has 1 aliphatic rings. The lowest BCUT2D eigenvalue weighted by Gasteiger charge is -2.21. The fraction of sp³-hybridized carbons (Fsp3) is 0.350. The molecule has 31 heavy (non-hydrogen) atoms. The van der Waals surface area contributed by atoms with Crippen LogP contribution in [0.3, 0.4) is 0 Å². The van der Waals surface area contributed by atoms with Crippen molar-refractivity contribution in [2.75, 3.05) is 5.32 Å². The minimum atomic E-state index is -1.83. The molecule has 1 aliphatic carbocycles. The average molecular weight is 465 g/mol. The van der Waals surface area contributed by atoms with E-state index in [1.807, 2.05) is 12.1 Å². The van der Waals surface area contributed by atoms with Crippen molar-refractivity contribution < 1.29 is 19.9 Å². The number of benzene rings is 1. The molecule has 0 saturated heterocycles. The highest BCUT2D eigenvalue weighted by Gasteiger charge is 2.21. The Morgan fingerprint density at radius 3 is 2.61 bits per heavy atom. The number of rotatable bonds is 5. The van der Waals surface area contributed by atoms with Gasteiger partial charge in [-0.3, -0.25) is 10.1 Å². The van der Waals surface area contributed by atoms with Gasteiger partial charge in [0.15, 0.2) is 0 Å². The highest BCUT2D eigenvalue weighted by Crippen LogP contribution is 2.36. The van der Waals surface area contributed by atoms with E-state index >= 15 is 0 Å². The van der Waals surface area contributed by atoms with Gasteiger partial charge in [0.25, 0.3) is 5.69 Å². The fourth-order valence-corrected chi connectivity index (χ4v) is 4.65. The molecule has 1 aromatic carbocycles. The second-order valence-electron chi connectivity index (χ2n) is 7.10. The van der Waals surface area contributed by atoms with E-state index in [0.29, 0.717) is 16.8 Å². The smallest absolute Gasteiger partial charge is 0.450 e. The Kier molecular flexibility index (Phi) is 7.59. The maximum absolute atomic E-state index is 11.0. The van der Waals surface area contributed by atoms with Gasteiger partial charge in [0.1, 0.15) is 16.5 Å². The van der Waals surface area contributed by atoms with E-state index in [9.17, 15) is 10.1 Å². The lowest BCUT2D eigenvalue weighted by Crippen LogP contribution is -2.11. The summed E-state index contributed by atoms with van der Waals surface area (Å²) in [6.45, 7) is 0.450. The van der Waals surface area contributed by atoms with E-state index in [1.54, 1.807) is 12.1 Å². The summed E-state index contributed by atoms with van der Waals surface area (Å²) in [5.74, 6) is 2.01. The van der Waals surface area contributed by atoms with Crippen LogP contribution in [0.5, 0.6) is 0 Å². The van der Waals surface area contributed by atoms with Crippen molar-refractivity contribution in [1.29, 1.82) is 0 Å². The molecule has 0 amide bonds. The largest absolute Gasteiger partial charge is 0.503 e. The number of aromatic nitrogens is 2. The number of non-ortho nitro benzene ring substituents is 1. The van der Waals surface area contributed by atoms with Crippen LogP contribution in [0, 0.1) is 10.1 Å². The molecule has 1 saturated carbocycles. The number of nitrogens with zero attached hydrogens (tertiary/aromatic N) is 3. The summed E-state index contributed by atoms with van der Waals surface area (Å²) >= 11 is 7.67. The number of hydrogen-bond donors (Lipinski definition) is 3. The molecule has 11 heteroatoms. The molecule has 1 fully saturated rings. The second-order valence-corrected chi connectivity index (χ2v) is 8.76. The van der Waals surface area contributed by atoms with Gasteiger partial charge in [-0.2, -0.15) is 0 Å². The molecule has 0 spiro atoms. The summed E-state index contributed by atoms with van der Waals surface area (Å²) in [5.41, 5.74) is 0.917. The summed E-state index contributed by atoms with van der Waals surface area (Å²) in [4.78, 5) is 29.6. The molecule has 0 radical (unpaired) electrons. The lowest BCUT2D eigenvalue weighted by atomic mass is 9.89. The Bertz CT molecular complexity index is 1080. The second kappa shape index (κ2) is 10.4. The molecule has 3 N–H and O–H groups in total. The Morgan fingerprint density at radius 1 is 1.23 bits per heavy atom. The zero-order chi connectivity index (χ0) is 22.4. The molecule has 164 valence electrons. The van der Waals surface area contributed by atoms with E-state index < -0.39 is 6.16 Å². The first-order valence-electron chi connectivity index (χ1n) is 9.69. The Morgan fingerprint density at radius 2 is 1.94 bits per heavy atom. The first-order chi connectivity index (χ1) is 14.8. The average Bonchev–Trinajstić information content (AvgIpc) is 3.12. The number of halogens is 1. The summed E-state index contributed by atoms with van der Waals surface area (Å²) in [5, 5.41) is 29.2. The number of thiophene rings is 1. The van der Waals surface area contributed by atoms with Gasteiger partial charge in [0.2, 0.25) is 0 Å². The number of nitro groups is 1. The van der Waals surface area contributed by atoms with Gasteiger partial charge in [0, 0.05) is 24.6 Å². The summed E-state index contributed by atoms with van der Waals surface area (Å²) < 4.78 is 0.679. The van der Waals surface area contributed by atoms with Crippen molar-refractivity contribution in [3.8, 4) is 0 Å². The molecule has 2 aromatic heterocycles. The molecule has 2 heterocycles. The fourth-order valence-electron chi connectivity index (χ4n) is 3.55. The normalized spacial score (nSPS) is 14.0. The number of carboxylic acid groups (broad SMARTS) is 2. The number of nitro benzene ring substituents is 1. The van der Waals surface area contributed by atoms with Gasteiger partial charge in [-0.05, 0) is 24.5 Å². The van der Waals surface area contributed by atoms with E-state index in [1.165, 1.54) is 36.7 Å². The van der Waals surface area contributed by atoms with E-state index in [4.69, 9.17) is 36.6 Å². The maximum Gasteiger partial charge on any atom is 0.503 e. The van der Waals surface area contributed by atoms with Gasteiger partial charge in [-0.15, -0.1) is 11.3 Å². The SMILES string of the molecule is O=C(O)O.O=[N+]([O-])c1cccc(CNc2nc(C3CCCCC3)nc3sc(Cl)cc23)c1. The molecule has 0 bridgehead atoms. The summed E-state index contributed by atoms with van der Waals surface area (Å²) in [7, 11) is 0. The molecular weight excluding hydrogens is 444 g/mol. The summed E-state index contributed by atoms with van der Waals surface area (Å²) in [6, 6.07) is 8.50. The van der Waals surface area contributed by atoms with Gasteiger partial charge >= 0.3 is 6.16 Å². The predicted molar refractivity (Wildman–Crippen MR) is 119 cm³/mol. The zero-order valence-corrected chi connectivity index (χ0v) is 18.0. The first kappa shape index (κ1) is 22.7. The Labute approximate surface area is 186 Å². The quantitative estimate of drug-likeness (QED) is 0.302. The monoisotopic (exact) mass is 464 g/mol. The van der Waals surface area contributed by atoms with Crippen molar-refractivity contribution in [1.82, 2.24) is 9.97 Å². The first-order valence-corrected chi connectivity index (χ1v) is 10.9. The molecular formula is C20H21ClN4O5S. The van der Waals surface area contributed by atoms with Crippen LogP contribution in [0.2, 0.25) is 4.34 Å². The molecule has 9 nitrogen and oxygen atoms in total. The topological polar surface area (TPSA) is 138 Å². The van der Waals surface area contributed by atoms with E-state index in [2.05, 4.69) is 5.32 Å². The standard InChI is InChI=1S/C19H19ClN4O2S.CH2O3/c20-16-10-15-18(21-11-12-5-4-8-14(9-12)24(25)26)22-17(23-19(15)27-16)13-6-2-1-3-7-13;2-1(3)4/h4-5,8-10,13H,1-3,6-7,11H2,(H,21,22,23);(H2,2,3,4). The van der Waals surface area contributed by atoms with E-state index in [-0.39, 0.29) is 10.6 Å². The number of hydrogen-bond acceptors (Lipinski definition) is 7. The zero-order valence-electron chi connectivity index (χ0n) is 16.5. The number of fused-ring (bicyclic) bond motifs is 1. The third-order valence-electron chi connectivity index (χ3n) is 4.93. The third-order valence-corrected chi connectivity index (χ3v) is 6.09. The van der Waals surface area contributed by atoms with Gasteiger partial charge in [-0.25, -0.2) is 14.8 Å². The summed E-state index contributed by atoms with van der Waals surface area (Å²) in [6.07, 6.45) is 4.12. The van der Waals surface area contributed by atoms with Crippen molar-refractivity contribution in [2.45, 2.75) is 44.6 Å². The van der Waals surface area contributed by atoms with E-state index in [0.717, 1.165) is 40.3 Å². The highest BCUT2D eigenvalue weighted by atomic mass is 35.5. The number of anilines is 1. The Hall–Kier alpha value is -2.98. The van der Waals surface area contributed by atoms with Gasteiger partial charge in [0.05, 0.1) is 14.6 Å². The van der Waals surface area contributed by atoms with Crippen LogP contribution in [-0.4, -0.2) is 31.3 Å². The minimum Gasteiger partial charge on any atom is -0.450 e. The van der Waals surface area contributed by atoms with Crippen molar-refractivity contribution in [3.05, 3.63) is 56.2 Å². The van der Waals surface area contributed by atoms with Crippen LogP contribution in [0.4, 0.5) is 16.3 Å². The van der Waals surface area contributed by atoms with Crippen LogP contribution in [-0.2, 0) is 6.54 Å². The van der Waals surface area contributed by atoms with Crippen LogP contribution >= 0.6 is 22.9 Å². The maximum atomic E-state index is 11.0. The number of carbonyl (C=O) groups is 1. The minimum absolute atomic E-state index is 0.0867. The van der Waals surface area contributed by atoms with Crippen molar-refractivity contribution >= 4 is 50.8 Å². The predicted octanol–water partition coefficient (Wildman–Crippen LogP) is 6.14. The van der Waals surface area contributed by atoms with Crippen LogP contribution < -0.4 is 5.32 Å². The molecule has 0 aliphatic heterocycles. The molecule has 3 aromatic rings. The van der Waals surface area contributed by atoms with Crippen LogP contribution in [0.15, 0.2) is 30.3 Å². The lowest BCUT2D eigenvalue weighted by molar-refractivity contribution is -0.384.